The first kappa shape index (κ1) is 26.3. The Balaban J connectivity index is 0.00000240. The lowest BCUT2D eigenvalue weighted by molar-refractivity contribution is 0.597. The minimum absolute atomic E-state index is 0. The molecule has 2 aromatic carbocycles. The normalized spacial score (nSPS) is 11.9. The van der Waals surface area contributed by atoms with E-state index in [4.69, 9.17) is 15.9 Å². The predicted molar refractivity (Wildman–Crippen MR) is 136 cm³/mol. The van der Waals surface area contributed by atoms with Crippen LogP contribution in [0.1, 0.15) is 38.8 Å². The molecule has 4 N–H and O–H groups in total. The third kappa shape index (κ3) is 6.88. The molecule has 0 saturated heterocycles. The number of benzene rings is 2. The van der Waals surface area contributed by atoms with Gasteiger partial charge in [0, 0.05) is 34.3 Å². The molecule has 0 spiro atoms. The van der Waals surface area contributed by atoms with Crippen LogP contribution in [0.4, 0.5) is 0 Å². The van der Waals surface area contributed by atoms with Gasteiger partial charge in [0.05, 0.1) is 0 Å². The van der Waals surface area contributed by atoms with Crippen molar-refractivity contribution in [3.63, 3.8) is 0 Å². The second-order valence-corrected chi connectivity index (χ2v) is 7.54. The predicted octanol–water partition coefficient (Wildman–Crippen LogP) is 5.68. The molecule has 0 radical (unpaired) electrons. The van der Waals surface area contributed by atoms with Crippen molar-refractivity contribution in [2.24, 2.45) is 21.5 Å². The van der Waals surface area contributed by atoms with Gasteiger partial charge in [-0.05, 0) is 52.0 Å². The van der Waals surface area contributed by atoms with Crippen LogP contribution >= 0.6 is 24.8 Å². The van der Waals surface area contributed by atoms with Crippen molar-refractivity contribution in [3.8, 4) is 22.6 Å². The van der Waals surface area contributed by atoms with Crippen molar-refractivity contribution in [1.82, 2.24) is 0 Å². The molecule has 5 nitrogen and oxygen atoms in total. The standard InChI is InChI=1S/C24H28N4O.2ClH/c1-15(2)27-23(25)19-9-5-7-17(13-19)21-11-12-22(29-21)18-8-6-10-20(14-18)24(26)28-16(3)4;;/h5-16H,1-4H3,(H2,25,27)(H2,26,28);2*1H. The highest BCUT2D eigenvalue weighted by Gasteiger charge is 2.10. The van der Waals surface area contributed by atoms with Crippen LogP contribution in [-0.2, 0) is 0 Å². The van der Waals surface area contributed by atoms with Crippen LogP contribution < -0.4 is 11.5 Å². The molecule has 0 fully saturated rings. The molecular formula is C24H30Cl2N4O. The van der Waals surface area contributed by atoms with Crippen LogP contribution in [0.5, 0.6) is 0 Å². The van der Waals surface area contributed by atoms with Crippen LogP contribution in [0.25, 0.3) is 22.6 Å². The first-order valence-corrected chi connectivity index (χ1v) is 9.81. The zero-order chi connectivity index (χ0) is 21.0. The summed E-state index contributed by atoms with van der Waals surface area (Å²) in [5.41, 5.74) is 15.9. The summed E-state index contributed by atoms with van der Waals surface area (Å²) < 4.78 is 6.13. The van der Waals surface area contributed by atoms with Crippen molar-refractivity contribution >= 4 is 36.5 Å². The van der Waals surface area contributed by atoms with Crippen LogP contribution in [0.15, 0.2) is 75.1 Å². The van der Waals surface area contributed by atoms with Crippen LogP contribution in [0.2, 0.25) is 0 Å². The Kier molecular flexibility index (Phi) is 9.82. The second kappa shape index (κ2) is 11.6. The van der Waals surface area contributed by atoms with E-state index in [0.29, 0.717) is 11.7 Å². The third-order valence-corrected chi connectivity index (χ3v) is 4.29. The molecule has 0 saturated carbocycles. The highest BCUT2D eigenvalue weighted by atomic mass is 35.5. The van der Waals surface area contributed by atoms with E-state index < -0.39 is 0 Å². The lowest BCUT2D eigenvalue weighted by Crippen LogP contribution is -2.15. The van der Waals surface area contributed by atoms with Gasteiger partial charge in [-0.25, -0.2) is 0 Å². The SMILES string of the molecule is CC(C)N=C(N)c1cccc(-c2ccc(-c3cccc(C(N)=NC(C)C)c3)o2)c1.Cl.Cl. The lowest BCUT2D eigenvalue weighted by atomic mass is 10.1. The number of rotatable bonds is 6. The van der Waals surface area contributed by atoms with Crippen molar-refractivity contribution in [3.05, 3.63) is 71.8 Å². The monoisotopic (exact) mass is 460 g/mol. The van der Waals surface area contributed by atoms with E-state index in [9.17, 15) is 0 Å². The number of hydrogen-bond acceptors (Lipinski definition) is 3. The van der Waals surface area contributed by atoms with Gasteiger partial charge in [-0.1, -0.05) is 36.4 Å². The molecule has 0 bridgehead atoms. The van der Waals surface area contributed by atoms with E-state index in [1.54, 1.807) is 0 Å². The average Bonchev–Trinajstić information content (AvgIpc) is 3.17. The summed E-state index contributed by atoms with van der Waals surface area (Å²) in [4.78, 5) is 8.84. The maximum atomic E-state index is 6.13. The molecule has 3 rings (SSSR count). The first-order chi connectivity index (χ1) is 13.8. The van der Waals surface area contributed by atoms with Crippen LogP contribution in [0.3, 0.4) is 0 Å². The molecule has 0 aliphatic carbocycles. The van der Waals surface area contributed by atoms with E-state index in [1.807, 2.05) is 88.4 Å². The van der Waals surface area contributed by atoms with E-state index in [0.717, 1.165) is 33.8 Å². The van der Waals surface area contributed by atoms with Gasteiger partial charge in [-0.3, -0.25) is 9.98 Å². The molecule has 1 heterocycles. The van der Waals surface area contributed by atoms with Crippen molar-refractivity contribution in [1.29, 1.82) is 0 Å². The summed E-state index contributed by atoms with van der Waals surface area (Å²) >= 11 is 0. The van der Waals surface area contributed by atoms with Gasteiger partial charge in [-0.15, -0.1) is 24.8 Å². The Bertz CT molecular complexity index is 973. The Morgan fingerprint density at radius 2 is 1.06 bits per heavy atom. The lowest BCUT2D eigenvalue weighted by Gasteiger charge is -2.06. The van der Waals surface area contributed by atoms with Gasteiger partial charge in [0.1, 0.15) is 23.2 Å². The fourth-order valence-electron chi connectivity index (χ4n) is 3.02. The highest BCUT2D eigenvalue weighted by Crippen LogP contribution is 2.29. The second-order valence-electron chi connectivity index (χ2n) is 7.54. The largest absolute Gasteiger partial charge is 0.456 e. The van der Waals surface area contributed by atoms with E-state index >= 15 is 0 Å². The van der Waals surface area contributed by atoms with E-state index in [1.165, 1.54) is 0 Å². The third-order valence-electron chi connectivity index (χ3n) is 4.29. The number of halogens is 2. The number of hydrogen-bond donors (Lipinski definition) is 2. The summed E-state index contributed by atoms with van der Waals surface area (Å²) in [6.45, 7) is 8.01. The molecule has 0 atom stereocenters. The van der Waals surface area contributed by atoms with Gasteiger partial charge in [0.25, 0.3) is 0 Å². The topological polar surface area (TPSA) is 89.9 Å². The molecule has 0 unspecified atom stereocenters. The maximum absolute atomic E-state index is 6.13. The fraction of sp³-hybridized carbons (Fsp3) is 0.250. The summed E-state index contributed by atoms with van der Waals surface area (Å²) in [5, 5.41) is 0. The number of amidine groups is 2. The van der Waals surface area contributed by atoms with Gasteiger partial charge in [0.2, 0.25) is 0 Å². The zero-order valence-corrected chi connectivity index (χ0v) is 19.8. The molecule has 0 aliphatic heterocycles. The molecule has 0 amide bonds. The molecule has 1 aromatic heterocycles. The maximum Gasteiger partial charge on any atom is 0.134 e. The van der Waals surface area contributed by atoms with E-state index in [2.05, 4.69) is 9.98 Å². The molecular weight excluding hydrogens is 431 g/mol. The Morgan fingerprint density at radius 1 is 0.677 bits per heavy atom. The van der Waals surface area contributed by atoms with Crippen molar-refractivity contribution < 1.29 is 4.42 Å². The summed E-state index contributed by atoms with van der Waals surface area (Å²) in [6, 6.07) is 20.0. The number of furan rings is 1. The average molecular weight is 461 g/mol. The van der Waals surface area contributed by atoms with Gasteiger partial charge < -0.3 is 15.9 Å². The molecule has 7 heteroatoms. The van der Waals surface area contributed by atoms with Crippen LogP contribution in [-0.4, -0.2) is 23.8 Å². The minimum Gasteiger partial charge on any atom is -0.456 e. The van der Waals surface area contributed by atoms with E-state index in [-0.39, 0.29) is 36.9 Å². The van der Waals surface area contributed by atoms with Gasteiger partial charge >= 0.3 is 0 Å². The highest BCUT2D eigenvalue weighted by molar-refractivity contribution is 5.99. The number of aliphatic imine (C=N–C) groups is 2. The Morgan fingerprint density at radius 3 is 1.42 bits per heavy atom. The Labute approximate surface area is 196 Å². The molecule has 3 aromatic rings. The summed E-state index contributed by atoms with van der Waals surface area (Å²) in [6.07, 6.45) is 0. The molecule has 166 valence electrons. The fourth-order valence-corrected chi connectivity index (χ4v) is 3.02. The van der Waals surface area contributed by atoms with Crippen molar-refractivity contribution in [2.45, 2.75) is 39.8 Å². The zero-order valence-electron chi connectivity index (χ0n) is 18.2. The smallest absolute Gasteiger partial charge is 0.134 e. The number of nitrogens with zero attached hydrogens (tertiary/aromatic N) is 2. The Hall–Kier alpha value is -2.76. The van der Waals surface area contributed by atoms with Gasteiger partial charge in [0.15, 0.2) is 0 Å². The van der Waals surface area contributed by atoms with Gasteiger partial charge in [-0.2, -0.15) is 0 Å². The van der Waals surface area contributed by atoms with Crippen LogP contribution in [0, 0.1) is 0 Å². The molecule has 31 heavy (non-hydrogen) atoms. The quantitative estimate of drug-likeness (QED) is 0.365. The minimum atomic E-state index is 0. The number of nitrogens with two attached hydrogens (primary N) is 2. The first-order valence-electron chi connectivity index (χ1n) is 9.81. The van der Waals surface area contributed by atoms with Crippen molar-refractivity contribution in [2.75, 3.05) is 0 Å². The molecule has 0 aliphatic rings. The summed E-state index contributed by atoms with van der Waals surface area (Å²) in [5.74, 6) is 2.60. The summed E-state index contributed by atoms with van der Waals surface area (Å²) in [7, 11) is 0.